The number of rotatable bonds is 7. The Kier molecular flexibility index (Phi) is 7.07. The monoisotopic (exact) mass is 515 g/mol. The Morgan fingerprint density at radius 3 is 2.21 bits per heavy atom. The van der Waals surface area contributed by atoms with E-state index in [1.807, 2.05) is 84.0 Å². The van der Waals surface area contributed by atoms with Gasteiger partial charge in [-0.05, 0) is 41.0 Å². The van der Waals surface area contributed by atoms with Crippen molar-refractivity contribution in [2.75, 3.05) is 36.4 Å². The Balaban J connectivity index is 1.01. The Labute approximate surface area is 227 Å². The van der Waals surface area contributed by atoms with Crippen LogP contribution >= 0.6 is 0 Å². The van der Waals surface area contributed by atoms with Gasteiger partial charge in [-0.3, -0.25) is 4.79 Å². The van der Waals surface area contributed by atoms with Gasteiger partial charge in [-0.15, -0.1) is 0 Å². The summed E-state index contributed by atoms with van der Waals surface area (Å²) >= 11 is 0. The first-order chi connectivity index (χ1) is 19.2. The van der Waals surface area contributed by atoms with Crippen LogP contribution in [-0.2, 0) is 13.0 Å². The van der Waals surface area contributed by atoms with Gasteiger partial charge in [0.2, 0.25) is 5.95 Å². The summed E-state index contributed by atoms with van der Waals surface area (Å²) < 4.78 is 0. The number of piperazine rings is 1. The van der Waals surface area contributed by atoms with Crippen molar-refractivity contribution in [2.45, 2.75) is 13.0 Å². The summed E-state index contributed by atoms with van der Waals surface area (Å²) in [6.45, 7) is 3.30. The topological polar surface area (TPSA) is 87.1 Å². The highest BCUT2D eigenvalue weighted by atomic mass is 16.2. The van der Waals surface area contributed by atoms with Gasteiger partial charge >= 0.3 is 0 Å². The minimum atomic E-state index is 0.0510. The molecule has 6 rings (SSSR count). The lowest BCUT2D eigenvalue weighted by Gasteiger charge is -2.34. The predicted octanol–water partition coefficient (Wildman–Crippen LogP) is 4.59. The van der Waals surface area contributed by atoms with Gasteiger partial charge in [-0.2, -0.15) is 0 Å². The van der Waals surface area contributed by atoms with Crippen molar-refractivity contribution in [3.63, 3.8) is 0 Å². The number of carbonyl (C=O) groups excluding carboxylic acids is 1. The molecule has 3 heterocycles. The number of fused-ring (bicyclic) bond motifs is 1. The van der Waals surface area contributed by atoms with Crippen molar-refractivity contribution in [3.8, 4) is 0 Å². The molecule has 8 heteroatoms. The summed E-state index contributed by atoms with van der Waals surface area (Å²) in [6, 6.07) is 26.0. The normalized spacial score (nSPS) is 13.4. The lowest BCUT2D eigenvalue weighted by Crippen LogP contribution is -2.49. The van der Waals surface area contributed by atoms with Crippen LogP contribution in [-0.4, -0.2) is 56.9 Å². The summed E-state index contributed by atoms with van der Waals surface area (Å²) in [5.74, 6) is 1.57. The van der Waals surface area contributed by atoms with Crippen LogP contribution in [0.3, 0.4) is 0 Å². The summed E-state index contributed by atoms with van der Waals surface area (Å²) in [6.07, 6.45) is 6.18. The van der Waals surface area contributed by atoms with Crippen molar-refractivity contribution in [1.29, 1.82) is 0 Å². The minimum Gasteiger partial charge on any atom is -0.365 e. The lowest BCUT2D eigenvalue weighted by atomic mass is 10.1. The second-order valence-electron chi connectivity index (χ2n) is 9.62. The molecule has 0 spiro atoms. The number of nitrogens with one attached hydrogen (secondary N) is 1. The Morgan fingerprint density at radius 2 is 1.44 bits per heavy atom. The quantitative estimate of drug-likeness (QED) is 0.339. The van der Waals surface area contributed by atoms with E-state index >= 15 is 0 Å². The fourth-order valence-corrected chi connectivity index (χ4v) is 4.82. The number of nitrogens with zero attached hydrogens (tertiary/aromatic N) is 6. The van der Waals surface area contributed by atoms with Crippen molar-refractivity contribution in [1.82, 2.24) is 24.8 Å². The fourth-order valence-electron chi connectivity index (χ4n) is 4.82. The van der Waals surface area contributed by atoms with Crippen LogP contribution in [0.4, 0.5) is 11.8 Å². The van der Waals surface area contributed by atoms with Crippen LogP contribution in [0, 0.1) is 0 Å². The van der Waals surface area contributed by atoms with Crippen molar-refractivity contribution in [2.24, 2.45) is 0 Å². The third kappa shape index (κ3) is 5.70. The molecule has 0 saturated carbocycles. The van der Waals surface area contributed by atoms with Crippen LogP contribution in [0.15, 0.2) is 97.6 Å². The second-order valence-corrected chi connectivity index (χ2v) is 9.62. The van der Waals surface area contributed by atoms with E-state index < -0.39 is 0 Å². The van der Waals surface area contributed by atoms with E-state index in [1.54, 1.807) is 6.33 Å². The summed E-state index contributed by atoms with van der Waals surface area (Å²) in [5.41, 5.74) is 5.00. The number of hydrogen-bond acceptors (Lipinski definition) is 7. The molecule has 1 aliphatic rings. The van der Waals surface area contributed by atoms with Crippen molar-refractivity contribution >= 4 is 28.6 Å². The molecule has 2 aromatic heterocycles. The Bertz CT molecular complexity index is 1540. The number of aromatic nitrogens is 4. The van der Waals surface area contributed by atoms with E-state index in [0.717, 1.165) is 34.3 Å². The fraction of sp³-hybridized carbons (Fsp3) is 0.194. The zero-order valence-electron chi connectivity index (χ0n) is 21.6. The largest absolute Gasteiger partial charge is 0.365 e. The Morgan fingerprint density at radius 1 is 0.718 bits per heavy atom. The summed E-state index contributed by atoms with van der Waals surface area (Å²) in [7, 11) is 0. The number of anilines is 2. The molecular weight excluding hydrogens is 486 g/mol. The van der Waals surface area contributed by atoms with Gasteiger partial charge in [0.15, 0.2) is 0 Å². The van der Waals surface area contributed by atoms with Gasteiger partial charge in [0.25, 0.3) is 5.91 Å². The smallest absolute Gasteiger partial charge is 0.253 e. The number of benzene rings is 3. The van der Waals surface area contributed by atoms with E-state index in [1.165, 1.54) is 5.56 Å². The maximum atomic E-state index is 13.1. The maximum absolute atomic E-state index is 13.1. The van der Waals surface area contributed by atoms with E-state index in [-0.39, 0.29) is 5.91 Å². The molecule has 1 saturated heterocycles. The lowest BCUT2D eigenvalue weighted by molar-refractivity contribution is 0.0746. The number of amides is 1. The van der Waals surface area contributed by atoms with Gasteiger partial charge in [0.1, 0.15) is 12.1 Å². The SMILES string of the molecule is O=C(c1ccc(CNc2ncnc3ccccc23)cc1)N1CCN(c2ncc(Cc3ccccc3)cn2)CC1. The first-order valence-corrected chi connectivity index (χ1v) is 13.1. The maximum Gasteiger partial charge on any atom is 0.253 e. The molecule has 0 aliphatic carbocycles. The molecule has 194 valence electrons. The van der Waals surface area contributed by atoms with Crippen LogP contribution in [0.25, 0.3) is 10.9 Å². The third-order valence-electron chi connectivity index (χ3n) is 7.00. The molecule has 5 aromatic rings. The standard InChI is InChI=1S/C31H29N7O/c39-30(26-12-10-24(11-13-26)19-32-29-27-8-4-5-9-28(27)35-22-36-29)37-14-16-38(17-15-37)31-33-20-25(21-34-31)18-23-6-2-1-3-7-23/h1-13,20-22H,14-19H2,(H,32,35,36). The highest BCUT2D eigenvalue weighted by Crippen LogP contribution is 2.20. The highest BCUT2D eigenvalue weighted by Gasteiger charge is 2.23. The zero-order valence-corrected chi connectivity index (χ0v) is 21.6. The molecule has 1 amide bonds. The zero-order chi connectivity index (χ0) is 26.4. The van der Waals surface area contributed by atoms with Crippen LogP contribution < -0.4 is 10.2 Å². The average molecular weight is 516 g/mol. The number of hydrogen-bond donors (Lipinski definition) is 1. The second kappa shape index (κ2) is 11.3. The Hall–Kier alpha value is -4.85. The molecule has 8 nitrogen and oxygen atoms in total. The highest BCUT2D eigenvalue weighted by molar-refractivity contribution is 5.94. The van der Waals surface area contributed by atoms with Crippen molar-refractivity contribution < 1.29 is 4.79 Å². The van der Waals surface area contributed by atoms with Crippen LogP contribution in [0.2, 0.25) is 0 Å². The molecular formula is C31H29N7O. The summed E-state index contributed by atoms with van der Waals surface area (Å²) in [5, 5.41) is 4.37. The predicted molar refractivity (Wildman–Crippen MR) is 153 cm³/mol. The van der Waals surface area contributed by atoms with Gasteiger partial charge in [-0.25, -0.2) is 19.9 Å². The molecule has 0 bridgehead atoms. The first-order valence-electron chi connectivity index (χ1n) is 13.1. The molecule has 39 heavy (non-hydrogen) atoms. The number of carbonyl (C=O) groups is 1. The van der Waals surface area contributed by atoms with E-state index in [9.17, 15) is 4.79 Å². The molecule has 0 radical (unpaired) electrons. The minimum absolute atomic E-state index is 0.0510. The van der Waals surface area contributed by atoms with Crippen LogP contribution in [0.1, 0.15) is 27.0 Å². The summed E-state index contributed by atoms with van der Waals surface area (Å²) in [4.78, 5) is 35.1. The van der Waals surface area contributed by atoms with Crippen LogP contribution in [0.5, 0.6) is 0 Å². The van der Waals surface area contributed by atoms with E-state index in [4.69, 9.17) is 0 Å². The van der Waals surface area contributed by atoms with Gasteiger partial charge < -0.3 is 15.1 Å². The molecule has 3 aromatic carbocycles. The van der Waals surface area contributed by atoms with Gasteiger partial charge in [0.05, 0.1) is 5.52 Å². The molecule has 1 N–H and O–H groups in total. The average Bonchev–Trinajstić information content (AvgIpc) is 3.01. The van der Waals surface area contributed by atoms with Gasteiger partial charge in [0, 0.05) is 62.5 Å². The van der Waals surface area contributed by atoms with Crippen molar-refractivity contribution in [3.05, 3.63) is 120 Å². The molecule has 1 aliphatic heterocycles. The number of para-hydroxylation sites is 1. The molecule has 0 unspecified atom stereocenters. The third-order valence-corrected chi connectivity index (χ3v) is 7.00. The van der Waals surface area contributed by atoms with Gasteiger partial charge in [-0.1, -0.05) is 54.6 Å². The van der Waals surface area contributed by atoms with E-state index in [2.05, 4.69) is 42.3 Å². The first kappa shape index (κ1) is 24.5. The molecule has 1 fully saturated rings. The van der Waals surface area contributed by atoms with E-state index in [0.29, 0.717) is 44.2 Å². The molecule has 0 atom stereocenters.